The van der Waals surface area contributed by atoms with Crippen molar-refractivity contribution in [3.63, 3.8) is 0 Å². The van der Waals surface area contributed by atoms with Crippen LogP contribution < -0.4 is 5.32 Å². The van der Waals surface area contributed by atoms with Gasteiger partial charge in [-0.05, 0) is 19.1 Å². The van der Waals surface area contributed by atoms with Gasteiger partial charge in [0.15, 0.2) is 0 Å². The third-order valence-corrected chi connectivity index (χ3v) is 1.34. The Hall–Kier alpha value is -1.45. The van der Waals surface area contributed by atoms with Gasteiger partial charge in [-0.25, -0.2) is 0 Å². The second-order valence-corrected chi connectivity index (χ2v) is 2.29. The van der Waals surface area contributed by atoms with Gasteiger partial charge in [-0.3, -0.25) is 4.79 Å². The molecule has 1 aromatic heterocycles. The molecule has 3 N–H and O–H groups in total. The fourth-order valence-corrected chi connectivity index (χ4v) is 0.715. The van der Waals surface area contributed by atoms with Crippen LogP contribution in [0.3, 0.4) is 0 Å². The summed E-state index contributed by atoms with van der Waals surface area (Å²) in [6.45, 7) is 1.59. The lowest BCUT2D eigenvalue weighted by atomic mass is 10.3. The van der Waals surface area contributed by atoms with E-state index in [-0.39, 0.29) is 0 Å². The average Bonchev–Trinajstić information content (AvgIpc) is 2.39. The SMILES string of the molecule is C[C@H](Nc1ccc[nH]1)C(=O)O. The number of hydrogen-bond donors (Lipinski definition) is 3. The molecule has 0 saturated heterocycles. The van der Waals surface area contributed by atoms with E-state index < -0.39 is 12.0 Å². The molecule has 0 bridgehead atoms. The monoisotopic (exact) mass is 154 g/mol. The van der Waals surface area contributed by atoms with Crippen molar-refractivity contribution >= 4 is 11.8 Å². The minimum absolute atomic E-state index is 0.561. The van der Waals surface area contributed by atoms with Crippen LogP contribution in [0.2, 0.25) is 0 Å². The number of aliphatic carboxylic acids is 1. The Bertz CT molecular complexity index is 231. The molecule has 1 atom stereocenters. The van der Waals surface area contributed by atoms with Gasteiger partial charge in [0.05, 0.1) is 0 Å². The van der Waals surface area contributed by atoms with E-state index in [9.17, 15) is 4.79 Å². The second kappa shape index (κ2) is 3.09. The number of anilines is 1. The maximum absolute atomic E-state index is 10.3. The molecule has 4 nitrogen and oxygen atoms in total. The third kappa shape index (κ3) is 2.00. The Kier molecular flexibility index (Phi) is 2.15. The lowest BCUT2D eigenvalue weighted by Crippen LogP contribution is -2.25. The predicted molar refractivity (Wildman–Crippen MR) is 41.5 cm³/mol. The van der Waals surface area contributed by atoms with E-state index in [4.69, 9.17) is 5.11 Å². The van der Waals surface area contributed by atoms with Crippen molar-refractivity contribution in [2.75, 3.05) is 5.32 Å². The van der Waals surface area contributed by atoms with Crippen molar-refractivity contribution in [3.8, 4) is 0 Å². The van der Waals surface area contributed by atoms with Gasteiger partial charge >= 0.3 is 5.97 Å². The molecule has 0 radical (unpaired) electrons. The van der Waals surface area contributed by atoms with Crippen LogP contribution in [0.5, 0.6) is 0 Å². The molecule has 1 aromatic rings. The standard InChI is InChI=1S/C7H10N2O2/c1-5(7(10)11)9-6-3-2-4-8-6/h2-5,8-9H,1H3,(H,10,11)/t5-/m0/s1. The van der Waals surface area contributed by atoms with Crippen molar-refractivity contribution in [2.45, 2.75) is 13.0 Å². The maximum Gasteiger partial charge on any atom is 0.325 e. The van der Waals surface area contributed by atoms with E-state index in [1.807, 2.05) is 0 Å². The van der Waals surface area contributed by atoms with Crippen molar-refractivity contribution < 1.29 is 9.90 Å². The minimum Gasteiger partial charge on any atom is -0.480 e. The molecule has 0 fully saturated rings. The number of aromatic nitrogens is 1. The summed E-state index contributed by atoms with van der Waals surface area (Å²) in [5.74, 6) is -0.139. The molecule has 0 aliphatic rings. The van der Waals surface area contributed by atoms with E-state index in [0.717, 1.165) is 5.82 Å². The van der Waals surface area contributed by atoms with Gasteiger partial charge in [0, 0.05) is 6.20 Å². The minimum atomic E-state index is -0.861. The summed E-state index contributed by atoms with van der Waals surface area (Å²) in [6.07, 6.45) is 1.73. The van der Waals surface area contributed by atoms with E-state index in [1.165, 1.54) is 0 Å². The molecule has 0 spiro atoms. The number of carboxylic acid groups (broad SMARTS) is 1. The van der Waals surface area contributed by atoms with Crippen molar-refractivity contribution in [1.82, 2.24) is 4.98 Å². The van der Waals surface area contributed by atoms with Crippen molar-refractivity contribution in [1.29, 1.82) is 0 Å². The van der Waals surface area contributed by atoms with Crippen LogP contribution in [0, 0.1) is 0 Å². The van der Waals surface area contributed by atoms with Crippen LogP contribution in [-0.2, 0) is 4.79 Å². The lowest BCUT2D eigenvalue weighted by Gasteiger charge is -2.07. The first-order valence-corrected chi connectivity index (χ1v) is 3.33. The zero-order valence-corrected chi connectivity index (χ0v) is 6.16. The molecular weight excluding hydrogens is 144 g/mol. The number of aromatic amines is 1. The molecule has 0 amide bonds. The second-order valence-electron chi connectivity index (χ2n) is 2.29. The maximum atomic E-state index is 10.3. The fourth-order valence-electron chi connectivity index (χ4n) is 0.715. The topological polar surface area (TPSA) is 65.1 Å². The third-order valence-electron chi connectivity index (χ3n) is 1.34. The summed E-state index contributed by atoms with van der Waals surface area (Å²) < 4.78 is 0. The Balaban J connectivity index is 2.50. The summed E-state index contributed by atoms with van der Waals surface area (Å²) >= 11 is 0. The molecule has 11 heavy (non-hydrogen) atoms. The molecule has 0 aliphatic carbocycles. The van der Waals surface area contributed by atoms with Gasteiger partial charge in [0.1, 0.15) is 11.9 Å². The number of rotatable bonds is 3. The molecule has 0 aromatic carbocycles. The molecule has 0 unspecified atom stereocenters. The van der Waals surface area contributed by atoms with Gasteiger partial charge in [-0.1, -0.05) is 0 Å². The summed E-state index contributed by atoms with van der Waals surface area (Å²) in [5, 5.41) is 11.3. The first kappa shape index (κ1) is 7.65. The van der Waals surface area contributed by atoms with Crippen LogP contribution >= 0.6 is 0 Å². The first-order chi connectivity index (χ1) is 5.20. The van der Waals surface area contributed by atoms with E-state index in [2.05, 4.69) is 10.3 Å². The van der Waals surface area contributed by atoms with Crippen LogP contribution in [0.4, 0.5) is 5.82 Å². The van der Waals surface area contributed by atoms with Gasteiger partial charge in [0.2, 0.25) is 0 Å². The summed E-state index contributed by atoms with van der Waals surface area (Å²) in [6, 6.07) is 3.02. The van der Waals surface area contributed by atoms with Crippen LogP contribution in [0.25, 0.3) is 0 Å². The number of hydrogen-bond acceptors (Lipinski definition) is 2. The number of nitrogens with one attached hydrogen (secondary N) is 2. The van der Waals surface area contributed by atoms with Crippen LogP contribution in [0.15, 0.2) is 18.3 Å². The van der Waals surface area contributed by atoms with E-state index in [1.54, 1.807) is 25.3 Å². The van der Waals surface area contributed by atoms with E-state index in [0.29, 0.717) is 0 Å². The Labute approximate surface area is 64.2 Å². The molecule has 0 aliphatic heterocycles. The highest BCUT2D eigenvalue weighted by atomic mass is 16.4. The van der Waals surface area contributed by atoms with Gasteiger partial charge in [-0.15, -0.1) is 0 Å². The van der Waals surface area contributed by atoms with Gasteiger partial charge in [-0.2, -0.15) is 0 Å². The molecular formula is C7H10N2O2. The fraction of sp³-hybridized carbons (Fsp3) is 0.286. The molecule has 0 saturated carbocycles. The molecule has 4 heteroatoms. The predicted octanol–water partition coefficient (Wildman–Crippen LogP) is 0.900. The number of carbonyl (C=O) groups is 1. The largest absolute Gasteiger partial charge is 0.480 e. The van der Waals surface area contributed by atoms with Gasteiger partial charge in [0.25, 0.3) is 0 Å². The van der Waals surface area contributed by atoms with Crippen LogP contribution in [0.1, 0.15) is 6.92 Å². The Morgan fingerprint density at radius 3 is 3.00 bits per heavy atom. The lowest BCUT2D eigenvalue weighted by molar-refractivity contribution is -0.137. The Morgan fingerprint density at radius 1 is 1.82 bits per heavy atom. The Morgan fingerprint density at radius 2 is 2.55 bits per heavy atom. The highest BCUT2D eigenvalue weighted by Gasteiger charge is 2.09. The zero-order valence-electron chi connectivity index (χ0n) is 6.16. The molecule has 1 rings (SSSR count). The zero-order chi connectivity index (χ0) is 8.27. The smallest absolute Gasteiger partial charge is 0.325 e. The summed E-state index contributed by atoms with van der Waals surface area (Å²) in [5.41, 5.74) is 0. The molecule has 1 heterocycles. The summed E-state index contributed by atoms with van der Waals surface area (Å²) in [7, 11) is 0. The average molecular weight is 154 g/mol. The van der Waals surface area contributed by atoms with Crippen LogP contribution in [-0.4, -0.2) is 22.1 Å². The highest BCUT2D eigenvalue weighted by molar-refractivity contribution is 5.76. The normalized spacial score (nSPS) is 12.5. The first-order valence-electron chi connectivity index (χ1n) is 3.33. The molecule has 60 valence electrons. The highest BCUT2D eigenvalue weighted by Crippen LogP contribution is 2.02. The van der Waals surface area contributed by atoms with Crippen molar-refractivity contribution in [2.24, 2.45) is 0 Å². The van der Waals surface area contributed by atoms with Crippen molar-refractivity contribution in [3.05, 3.63) is 18.3 Å². The van der Waals surface area contributed by atoms with Gasteiger partial charge < -0.3 is 15.4 Å². The van der Waals surface area contributed by atoms with E-state index >= 15 is 0 Å². The number of carboxylic acids is 1. The summed E-state index contributed by atoms with van der Waals surface area (Å²) in [4.78, 5) is 13.2. The number of H-pyrrole nitrogens is 1. The quantitative estimate of drug-likeness (QED) is 0.606.